The fraction of sp³-hybridized carbons (Fsp3) is 0.0625. The first kappa shape index (κ1) is 13.1. The van der Waals surface area contributed by atoms with Crippen molar-refractivity contribution >= 4 is 23.3 Å². The molecule has 0 saturated carbocycles. The highest BCUT2D eigenvalue weighted by molar-refractivity contribution is 6.59. The number of amidine groups is 1. The first-order valence-electron chi connectivity index (χ1n) is 6.42. The SMILES string of the molecule is COc1ccc(N2C(=N)C(c3ccccc3)=NC2=O)cc1. The lowest BCUT2D eigenvalue weighted by Crippen LogP contribution is -2.32. The summed E-state index contributed by atoms with van der Waals surface area (Å²) in [4.78, 5) is 17.4. The van der Waals surface area contributed by atoms with E-state index in [9.17, 15) is 4.79 Å². The van der Waals surface area contributed by atoms with Crippen molar-refractivity contribution in [2.75, 3.05) is 12.0 Å². The maximum atomic E-state index is 12.1. The Morgan fingerprint density at radius 1 is 1.05 bits per heavy atom. The molecular formula is C16H13N3O2. The van der Waals surface area contributed by atoms with Crippen LogP contribution in [0.4, 0.5) is 10.5 Å². The monoisotopic (exact) mass is 279 g/mol. The van der Waals surface area contributed by atoms with Gasteiger partial charge in [-0.05, 0) is 24.3 Å². The average Bonchev–Trinajstić information content (AvgIpc) is 2.83. The molecule has 1 heterocycles. The van der Waals surface area contributed by atoms with E-state index in [0.717, 1.165) is 5.56 Å². The number of amides is 2. The molecule has 0 fully saturated rings. The van der Waals surface area contributed by atoms with E-state index < -0.39 is 6.03 Å². The zero-order valence-electron chi connectivity index (χ0n) is 11.4. The number of anilines is 1. The van der Waals surface area contributed by atoms with Crippen LogP contribution in [-0.2, 0) is 0 Å². The van der Waals surface area contributed by atoms with Crippen LogP contribution in [0.5, 0.6) is 5.75 Å². The van der Waals surface area contributed by atoms with Crippen molar-refractivity contribution in [2.45, 2.75) is 0 Å². The van der Waals surface area contributed by atoms with E-state index in [-0.39, 0.29) is 5.84 Å². The van der Waals surface area contributed by atoms with Crippen molar-refractivity contribution in [3.05, 3.63) is 60.2 Å². The Hall–Kier alpha value is -2.95. The quantitative estimate of drug-likeness (QED) is 0.938. The normalized spacial score (nSPS) is 14.3. The third kappa shape index (κ3) is 2.29. The second kappa shape index (κ2) is 5.20. The molecule has 1 aliphatic heterocycles. The predicted octanol–water partition coefficient (Wildman–Crippen LogP) is 3.10. The van der Waals surface area contributed by atoms with Crippen molar-refractivity contribution in [3.8, 4) is 5.75 Å². The van der Waals surface area contributed by atoms with E-state index >= 15 is 0 Å². The smallest absolute Gasteiger partial charge is 0.354 e. The van der Waals surface area contributed by atoms with Crippen molar-refractivity contribution in [1.82, 2.24) is 0 Å². The Morgan fingerprint density at radius 3 is 2.33 bits per heavy atom. The highest BCUT2D eigenvalue weighted by Gasteiger charge is 2.31. The maximum Gasteiger partial charge on any atom is 0.354 e. The molecule has 2 amide bonds. The average molecular weight is 279 g/mol. The zero-order valence-corrected chi connectivity index (χ0v) is 11.4. The molecule has 0 spiro atoms. The van der Waals surface area contributed by atoms with Gasteiger partial charge >= 0.3 is 6.03 Å². The minimum absolute atomic E-state index is 0.0800. The first-order valence-corrected chi connectivity index (χ1v) is 6.42. The van der Waals surface area contributed by atoms with Crippen LogP contribution >= 0.6 is 0 Å². The fourth-order valence-corrected chi connectivity index (χ4v) is 2.17. The summed E-state index contributed by atoms with van der Waals surface area (Å²) >= 11 is 0. The topological polar surface area (TPSA) is 65.8 Å². The highest BCUT2D eigenvalue weighted by atomic mass is 16.5. The zero-order chi connectivity index (χ0) is 14.8. The highest BCUT2D eigenvalue weighted by Crippen LogP contribution is 2.24. The van der Waals surface area contributed by atoms with E-state index in [1.54, 1.807) is 31.4 Å². The van der Waals surface area contributed by atoms with E-state index in [0.29, 0.717) is 17.1 Å². The summed E-state index contributed by atoms with van der Waals surface area (Å²) in [6, 6.07) is 15.7. The number of ether oxygens (including phenoxy) is 1. The maximum absolute atomic E-state index is 12.1. The van der Waals surface area contributed by atoms with Gasteiger partial charge in [0.05, 0.1) is 12.8 Å². The molecule has 0 radical (unpaired) electrons. The van der Waals surface area contributed by atoms with E-state index in [2.05, 4.69) is 4.99 Å². The van der Waals surface area contributed by atoms with Crippen molar-refractivity contribution < 1.29 is 9.53 Å². The van der Waals surface area contributed by atoms with Gasteiger partial charge < -0.3 is 4.74 Å². The molecule has 1 N–H and O–H groups in total. The van der Waals surface area contributed by atoms with Gasteiger partial charge in [-0.15, -0.1) is 0 Å². The largest absolute Gasteiger partial charge is 0.497 e. The molecule has 0 aromatic heterocycles. The van der Waals surface area contributed by atoms with Crippen LogP contribution in [0.25, 0.3) is 0 Å². The van der Waals surface area contributed by atoms with Crippen molar-refractivity contribution in [3.63, 3.8) is 0 Å². The van der Waals surface area contributed by atoms with Crippen LogP contribution in [0.2, 0.25) is 0 Å². The second-order valence-corrected chi connectivity index (χ2v) is 4.49. The Labute approximate surface area is 122 Å². The van der Waals surface area contributed by atoms with Crippen LogP contribution < -0.4 is 9.64 Å². The standard InChI is InChI=1S/C16H13N3O2/c1-21-13-9-7-12(8-10-13)19-15(17)14(18-16(19)20)11-5-3-2-4-6-11/h2-10,17H,1H3. The number of methoxy groups -OCH3 is 1. The molecule has 0 saturated heterocycles. The molecule has 21 heavy (non-hydrogen) atoms. The van der Waals surface area contributed by atoms with Gasteiger partial charge in [-0.3, -0.25) is 5.41 Å². The lowest BCUT2D eigenvalue weighted by Gasteiger charge is -2.15. The molecule has 0 atom stereocenters. The van der Waals surface area contributed by atoms with Gasteiger partial charge in [-0.2, -0.15) is 4.99 Å². The summed E-state index contributed by atoms with van der Waals surface area (Å²) < 4.78 is 5.09. The fourth-order valence-electron chi connectivity index (χ4n) is 2.17. The predicted molar refractivity (Wildman–Crippen MR) is 81.6 cm³/mol. The summed E-state index contributed by atoms with van der Waals surface area (Å²) in [5, 5.41) is 8.21. The summed E-state index contributed by atoms with van der Waals surface area (Å²) in [5.41, 5.74) is 1.74. The summed E-state index contributed by atoms with van der Waals surface area (Å²) in [6.07, 6.45) is 0. The molecular weight excluding hydrogens is 266 g/mol. The summed E-state index contributed by atoms with van der Waals surface area (Å²) in [7, 11) is 1.58. The molecule has 3 rings (SSSR count). The number of aliphatic imine (C=N–C) groups is 1. The van der Waals surface area contributed by atoms with Gasteiger partial charge in [0.25, 0.3) is 0 Å². The Kier molecular flexibility index (Phi) is 3.23. The van der Waals surface area contributed by atoms with Gasteiger partial charge in [-0.25, -0.2) is 9.69 Å². The lowest BCUT2D eigenvalue weighted by atomic mass is 10.1. The van der Waals surface area contributed by atoms with Crippen LogP contribution in [0.1, 0.15) is 5.56 Å². The summed E-state index contributed by atoms with van der Waals surface area (Å²) in [5.74, 6) is 0.775. The second-order valence-electron chi connectivity index (χ2n) is 4.49. The number of carbonyl (C=O) groups excluding carboxylic acids is 1. The van der Waals surface area contributed by atoms with E-state index in [1.807, 2.05) is 30.3 Å². The molecule has 0 bridgehead atoms. The summed E-state index contributed by atoms with van der Waals surface area (Å²) in [6.45, 7) is 0. The van der Waals surface area contributed by atoms with Crippen LogP contribution in [0, 0.1) is 5.41 Å². The molecule has 104 valence electrons. The first-order chi connectivity index (χ1) is 10.2. The van der Waals surface area contributed by atoms with Gasteiger partial charge in [0, 0.05) is 5.56 Å². The number of carbonyl (C=O) groups is 1. The molecule has 1 aliphatic rings. The number of rotatable bonds is 3. The van der Waals surface area contributed by atoms with Crippen LogP contribution in [-0.4, -0.2) is 24.7 Å². The molecule has 5 nitrogen and oxygen atoms in total. The van der Waals surface area contributed by atoms with Gasteiger partial charge in [0.15, 0.2) is 5.84 Å². The van der Waals surface area contributed by atoms with Gasteiger partial charge in [-0.1, -0.05) is 30.3 Å². The minimum Gasteiger partial charge on any atom is -0.497 e. The Bertz CT molecular complexity index is 721. The molecule has 0 aliphatic carbocycles. The third-order valence-electron chi connectivity index (χ3n) is 3.22. The van der Waals surface area contributed by atoms with Gasteiger partial charge in [0.1, 0.15) is 11.5 Å². The molecule has 2 aromatic rings. The van der Waals surface area contributed by atoms with Crippen LogP contribution in [0.15, 0.2) is 59.6 Å². The van der Waals surface area contributed by atoms with Crippen molar-refractivity contribution in [2.24, 2.45) is 4.99 Å². The van der Waals surface area contributed by atoms with Crippen LogP contribution in [0.3, 0.4) is 0 Å². The number of nitrogens with one attached hydrogen (secondary N) is 1. The Morgan fingerprint density at radius 2 is 1.71 bits per heavy atom. The van der Waals surface area contributed by atoms with Crippen molar-refractivity contribution in [1.29, 1.82) is 5.41 Å². The Balaban J connectivity index is 1.93. The van der Waals surface area contributed by atoms with E-state index in [4.69, 9.17) is 10.1 Å². The number of hydrogen-bond acceptors (Lipinski definition) is 3. The number of benzene rings is 2. The van der Waals surface area contributed by atoms with E-state index in [1.165, 1.54) is 4.90 Å². The third-order valence-corrected chi connectivity index (χ3v) is 3.22. The minimum atomic E-state index is -0.455. The number of nitrogens with zero attached hydrogens (tertiary/aromatic N) is 2. The lowest BCUT2D eigenvalue weighted by molar-refractivity contribution is 0.257. The molecule has 0 unspecified atom stereocenters. The molecule has 5 heteroatoms. The number of hydrogen-bond donors (Lipinski definition) is 1. The van der Waals surface area contributed by atoms with Gasteiger partial charge in [0.2, 0.25) is 0 Å². The molecule has 2 aromatic carbocycles. The number of urea groups is 1.